The summed E-state index contributed by atoms with van der Waals surface area (Å²) in [5.41, 5.74) is 3.79. The summed E-state index contributed by atoms with van der Waals surface area (Å²) in [6.07, 6.45) is 0.684. The maximum Gasteiger partial charge on any atom is 0.352 e. The third-order valence-electron chi connectivity index (χ3n) is 5.54. The predicted molar refractivity (Wildman–Crippen MR) is 132 cm³/mol. The van der Waals surface area contributed by atoms with Crippen LogP contribution in [-0.4, -0.2) is 78.7 Å². The standard InChI is InChI=1S/C20H23N7O6S3/c1-3-11-22-19(26-25-11)36-8-9-7-35-17-20(33-2,16(31)27(17)13(9)15(29)30)24-14(28)12(23-18(21)32)10-5-4-6-34-10/h4-6,12,17H,3,7-8H2,1-2H3,(H,24,28)(H,29,30)(H3,21,23,32)(H,22,25,26)/t12?,17?,20-/m1/s1. The van der Waals surface area contributed by atoms with Crippen molar-refractivity contribution >= 4 is 58.7 Å². The first-order valence-electron chi connectivity index (χ1n) is 10.6. The number of H-pyrrole nitrogens is 1. The highest BCUT2D eigenvalue weighted by atomic mass is 32.2. The fourth-order valence-corrected chi connectivity index (χ4v) is 6.99. The minimum atomic E-state index is -1.81. The summed E-state index contributed by atoms with van der Waals surface area (Å²) in [5, 5.41) is 23.2. The number of fused-ring (bicyclic) bond motifs is 1. The number of aromatic amines is 1. The number of hydrogen-bond donors (Lipinski definition) is 5. The summed E-state index contributed by atoms with van der Waals surface area (Å²) in [7, 11) is 1.25. The number of carbonyl (C=O) groups is 4. The molecule has 2 aliphatic heterocycles. The van der Waals surface area contributed by atoms with Crippen LogP contribution >= 0.6 is 34.9 Å². The van der Waals surface area contributed by atoms with E-state index in [1.807, 2.05) is 6.92 Å². The van der Waals surface area contributed by atoms with Crippen molar-refractivity contribution in [2.24, 2.45) is 5.73 Å². The molecule has 36 heavy (non-hydrogen) atoms. The zero-order valence-corrected chi connectivity index (χ0v) is 21.6. The second-order valence-corrected chi connectivity index (χ2v) is 10.7. The Morgan fingerprint density at radius 2 is 2.25 bits per heavy atom. The normalized spacial score (nSPS) is 22.0. The van der Waals surface area contributed by atoms with Gasteiger partial charge in [-0.25, -0.2) is 14.6 Å². The highest BCUT2D eigenvalue weighted by Crippen LogP contribution is 2.47. The predicted octanol–water partition coefficient (Wildman–Crippen LogP) is 0.643. The fraction of sp³-hybridized carbons (Fsp3) is 0.400. The Hall–Kier alpha value is -3.08. The average molecular weight is 554 g/mol. The number of nitrogens with zero attached hydrogens (tertiary/aromatic N) is 3. The minimum Gasteiger partial charge on any atom is -0.477 e. The number of amides is 4. The van der Waals surface area contributed by atoms with Crippen LogP contribution in [0.5, 0.6) is 0 Å². The zero-order chi connectivity index (χ0) is 26.0. The molecular formula is C20H23N7O6S3. The zero-order valence-electron chi connectivity index (χ0n) is 19.1. The topological polar surface area (TPSA) is 193 Å². The number of primary amides is 1. The van der Waals surface area contributed by atoms with Crippen molar-refractivity contribution in [3.8, 4) is 0 Å². The van der Waals surface area contributed by atoms with Crippen molar-refractivity contribution < 1.29 is 29.0 Å². The molecule has 2 unspecified atom stereocenters. The molecule has 192 valence electrons. The molecule has 0 radical (unpaired) electrons. The van der Waals surface area contributed by atoms with Crippen LogP contribution in [0.4, 0.5) is 4.79 Å². The van der Waals surface area contributed by atoms with Crippen LogP contribution in [0.1, 0.15) is 23.7 Å². The van der Waals surface area contributed by atoms with Gasteiger partial charge in [0.1, 0.15) is 22.9 Å². The molecule has 16 heteroatoms. The summed E-state index contributed by atoms with van der Waals surface area (Å²) in [4.78, 5) is 56.1. The number of urea groups is 1. The maximum absolute atomic E-state index is 13.3. The van der Waals surface area contributed by atoms with Gasteiger partial charge in [-0.3, -0.25) is 19.6 Å². The lowest BCUT2D eigenvalue weighted by Crippen LogP contribution is -2.81. The van der Waals surface area contributed by atoms with E-state index in [0.717, 1.165) is 4.90 Å². The fourth-order valence-electron chi connectivity index (χ4n) is 3.83. The summed E-state index contributed by atoms with van der Waals surface area (Å²) in [6.45, 7) is 1.93. The van der Waals surface area contributed by atoms with Crippen molar-refractivity contribution in [2.45, 2.75) is 35.6 Å². The molecule has 0 saturated carbocycles. The van der Waals surface area contributed by atoms with E-state index in [2.05, 4.69) is 25.8 Å². The number of thioether (sulfide) groups is 2. The molecule has 4 heterocycles. The van der Waals surface area contributed by atoms with Gasteiger partial charge in [-0.1, -0.05) is 24.8 Å². The van der Waals surface area contributed by atoms with E-state index in [1.54, 1.807) is 17.5 Å². The molecule has 2 aromatic heterocycles. The van der Waals surface area contributed by atoms with E-state index >= 15 is 0 Å². The van der Waals surface area contributed by atoms with Gasteiger partial charge in [0.2, 0.25) is 5.16 Å². The Balaban J connectivity index is 1.55. The molecule has 0 aromatic carbocycles. The third kappa shape index (κ3) is 4.68. The number of methoxy groups -OCH3 is 1. The molecule has 13 nitrogen and oxygen atoms in total. The Labute approximate surface area is 217 Å². The maximum atomic E-state index is 13.3. The van der Waals surface area contributed by atoms with Gasteiger partial charge in [-0.15, -0.1) is 28.2 Å². The van der Waals surface area contributed by atoms with Gasteiger partial charge in [0.25, 0.3) is 17.5 Å². The lowest BCUT2D eigenvalue weighted by molar-refractivity contribution is -0.192. The number of ether oxygens (including phenoxy) is 1. The van der Waals surface area contributed by atoms with Gasteiger partial charge >= 0.3 is 12.0 Å². The van der Waals surface area contributed by atoms with Crippen molar-refractivity contribution in [2.75, 3.05) is 18.6 Å². The first-order chi connectivity index (χ1) is 17.2. The van der Waals surface area contributed by atoms with Gasteiger partial charge in [-0.2, -0.15) is 0 Å². The summed E-state index contributed by atoms with van der Waals surface area (Å²) in [6, 6.07) is 1.27. The van der Waals surface area contributed by atoms with E-state index in [9.17, 15) is 24.3 Å². The van der Waals surface area contributed by atoms with Crippen molar-refractivity contribution in [3.63, 3.8) is 0 Å². The van der Waals surface area contributed by atoms with Gasteiger partial charge < -0.3 is 26.2 Å². The number of thiophene rings is 1. The van der Waals surface area contributed by atoms with E-state index in [4.69, 9.17) is 10.5 Å². The van der Waals surface area contributed by atoms with Crippen LogP contribution in [0.3, 0.4) is 0 Å². The van der Waals surface area contributed by atoms with E-state index in [1.165, 1.54) is 42.0 Å². The van der Waals surface area contributed by atoms with Crippen LogP contribution in [0.25, 0.3) is 0 Å². The second kappa shape index (κ2) is 10.5. The number of hydrogen-bond acceptors (Lipinski definition) is 10. The molecule has 0 aliphatic carbocycles. The molecule has 1 saturated heterocycles. The highest BCUT2D eigenvalue weighted by molar-refractivity contribution is 8.01. The minimum absolute atomic E-state index is 0.158. The number of rotatable bonds is 10. The number of aryl methyl sites for hydroxylation is 1. The number of carbonyl (C=O) groups excluding carboxylic acids is 3. The third-order valence-corrected chi connectivity index (χ3v) is 8.79. The van der Waals surface area contributed by atoms with E-state index in [0.29, 0.717) is 27.9 Å². The Bertz CT molecular complexity index is 1220. The molecule has 1 fully saturated rings. The SMILES string of the molecule is CCc1nc(SCC2=C(C(=O)O)N3C(=O)[C@@](NC(=O)C(NC(N)=O)c4cccs4)(OC)C3SC2)n[nH]1. The number of carboxylic acid groups (broad SMARTS) is 1. The average Bonchev–Trinajstić information content (AvgIpc) is 3.55. The largest absolute Gasteiger partial charge is 0.477 e. The van der Waals surface area contributed by atoms with Crippen LogP contribution in [0.2, 0.25) is 0 Å². The molecule has 6 N–H and O–H groups in total. The van der Waals surface area contributed by atoms with Gasteiger partial charge in [0, 0.05) is 29.9 Å². The smallest absolute Gasteiger partial charge is 0.352 e. The monoisotopic (exact) mass is 553 g/mol. The Morgan fingerprint density at radius 3 is 2.83 bits per heavy atom. The van der Waals surface area contributed by atoms with E-state index < -0.39 is 41.0 Å². The van der Waals surface area contributed by atoms with Gasteiger partial charge in [0.05, 0.1) is 0 Å². The van der Waals surface area contributed by atoms with Crippen LogP contribution < -0.4 is 16.4 Å². The highest BCUT2D eigenvalue weighted by Gasteiger charge is 2.67. The molecule has 0 bridgehead atoms. The molecular weight excluding hydrogens is 530 g/mol. The lowest BCUT2D eigenvalue weighted by atomic mass is 9.97. The van der Waals surface area contributed by atoms with Crippen LogP contribution in [-0.2, 0) is 25.5 Å². The first kappa shape index (κ1) is 26.0. The second-order valence-electron chi connectivity index (χ2n) is 7.69. The van der Waals surface area contributed by atoms with Gasteiger partial charge in [-0.05, 0) is 17.0 Å². The first-order valence-corrected chi connectivity index (χ1v) is 13.5. The molecule has 4 rings (SSSR count). The number of carboxylic acids is 1. The Morgan fingerprint density at radius 1 is 1.47 bits per heavy atom. The van der Waals surface area contributed by atoms with Gasteiger partial charge in [0.15, 0.2) is 0 Å². The summed E-state index contributed by atoms with van der Waals surface area (Å²) in [5.74, 6) is -1.45. The number of nitrogens with one attached hydrogen (secondary N) is 3. The number of aromatic nitrogens is 3. The summed E-state index contributed by atoms with van der Waals surface area (Å²) >= 11 is 3.74. The van der Waals surface area contributed by atoms with Crippen molar-refractivity contribution in [3.05, 3.63) is 39.5 Å². The number of aliphatic carboxylic acids is 1. The molecule has 3 atom stereocenters. The molecule has 2 aromatic rings. The van der Waals surface area contributed by atoms with Crippen molar-refractivity contribution in [1.29, 1.82) is 0 Å². The lowest BCUT2D eigenvalue weighted by Gasteiger charge is -2.56. The number of nitrogens with two attached hydrogens (primary N) is 1. The molecule has 4 amide bonds. The van der Waals surface area contributed by atoms with E-state index in [-0.39, 0.29) is 17.2 Å². The number of β-lactam (4-membered cyclic amide) rings is 1. The van der Waals surface area contributed by atoms with Crippen LogP contribution in [0.15, 0.2) is 33.9 Å². The Kier molecular flexibility index (Phi) is 7.58. The summed E-state index contributed by atoms with van der Waals surface area (Å²) < 4.78 is 5.48. The molecule has 2 aliphatic rings. The van der Waals surface area contributed by atoms with Crippen LogP contribution in [0, 0.1) is 0 Å². The quantitative estimate of drug-likeness (QED) is 0.158. The van der Waals surface area contributed by atoms with Crippen molar-refractivity contribution in [1.82, 2.24) is 30.7 Å². The molecule has 0 spiro atoms.